The van der Waals surface area contributed by atoms with Crippen LogP contribution in [0, 0.1) is 0 Å². The number of benzene rings is 2. The molecule has 0 radical (unpaired) electrons. The lowest BCUT2D eigenvalue weighted by Crippen LogP contribution is -2.26. The molecule has 32 heavy (non-hydrogen) atoms. The van der Waals surface area contributed by atoms with Gasteiger partial charge in [-0.05, 0) is 42.5 Å². The van der Waals surface area contributed by atoms with E-state index in [4.69, 9.17) is 0 Å². The van der Waals surface area contributed by atoms with Crippen LogP contribution < -0.4 is 9.62 Å². The lowest BCUT2D eigenvalue weighted by Gasteiger charge is -2.21. The summed E-state index contributed by atoms with van der Waals surface area (Å²) in [6, 6.07) is 14.7. The first-order valence-corrected chi connectivity index (χ1v) is 12.2. The first-order valence-electron chi connectivity index (χ1n) is 9.85. The van der Waals surface area contributed by atoms with E-state index in [0.717, 1.165) is 17.9 Å². The molecule has 4 rings (SSSR count). The normalized spacial score (nSPS) is 13.6. The Morgan fingerprint density at radius 1 is 1.12 bits per heavy atom. The number of carbonyl (C=O) groups excluding carboxylic acids is 1. The van der Waals surface area contributed by atoms with Gasteiger partial charge in [-0.3, -0.25) is 14.4 Å². The molecule has 2 aromatic carbocycles. The third kappa shape index (κ3) is 4.44. The number of hydrogen-bond acceptors (Lipinski definition) is 6. The summed E-state index contributed by atoms with van der Waals surface area (Å²) in [5, 5.41) is 5.16. The standard InChI is InChI=1S/C23H22N4O3S2/c1-26-15-7-6-10-21(26)20-16-31-23(24-20)25-22(28)17-11-13-19(14-12-17)32(29,30)27(2)18-8-4-3-5-9-18/h3-14,16H,15H2,1-2H3,(H,24,25,28). The van der Waals surface area contributed by atoms with Crippen molar-refractivity contribution in [2.45, 2.75) is 4.90 Å². The number of anilines is 2. The van der Waals surface area contributed by atoms with E-state index in [1.165, 1.54) is 47.0 Å². The zero-order chi connectivity index (χ0) is 22.7. The van der Waals surface area contributed by atoms with Crippen molar-refractivity contribution in [3.05, 3.63) is 89.5 Å². The Balaban J connectivity index is 1.47. The Labute approximate surface area is 191 Å². The lowest BCUT2D eigenvalue weighted by molar-refractivity contribution is 0.102. The van der Waals surface area contributed by atoms with Gasteiger partial charge in [0.1, 0.15) is 0 Å². The number of aromatic nitrogens is 1. The Morgan fingerprint density at radius 2 is 1.84 bits per heavy atom. The zero-order valence-electron chi connectivity index (χ0n) is 17.6. The molecule has 164 valence electrons. The van der Waals surface area contributed by atoms with E-state index in [-0.39, 0.29) is 10.8 Å². The second kappa shape index (κ2) is 8.97. The number of thiazole rings is 1. The first-order chi connectivity index (χ1) is 15.4. The lowest BCUT2D eigenvalue weighted by atomic mass is 10.2. The third-order valence-electron chi connectivity index (χ3n) is 5.06. The van der Waals surface area contributed by atoms with Crippen LogP contribution in [0.1, 0.15) is 16.1 Å². The number of rotatable bonds is 6. The number of nitrogens with one attached hydrogen (secondary N) is 1. The summed E-state index contributed by atoms with van der Waals surface area (Å²) in [7, 11) is -0.249. The van der Waals surface area contributed by atoms with Gasteiger partial charge in [-0.1, -0.05) is 30.4 Å². The molecule has 3 aromatic rings. The van der Waals surface area contributed by atoms with Crippen molar-refractivity contribution in [2.75, 3.05) is 30.3 Å². The Hall–Kier alpha value is -3.43. The fraction of sp³-hybridized carbons (Fsp3) is 0.130. The van der Waals surface area contributed by atoms with E-state index in [1.54, 1.807) is 24.3 Å². The van der Waals surface area contributed by atoms with Crippen LogP contribution in [0.2, 0.25) is 0 Å². The van der Waals surface area contributed by atoms with Crippen molar-refractivity contribution in [1.29, 1.82) is 0 Å². The molecule has 1 aliphatic heterocycles. The number of allylic oxidation sites excluding steroid dienone is 2. The smallest absolute Gasteiger partial charge is 0.264 e. The van der Waals surface area contributed by atoms with Crippen LogP contribution in [0.4, 0.5) is 10.8 Å². The molecule has 9 heteroatoms. The molecule has 0 unspecified atom stereocenters. The van der Waals surface area contributed by atoms with Crippen LogP contribution >= 0.6 is 11.3 Å². The minimum Gasteiger partial charge on any atom is -0.369 e. The van der Waals surface area contributed by atoms with Crippen molar-refractivity contribution in [3.8, 4) is 0 Å². The molecule has 0 bridgehead atoms. The van der Waals surface area contributed by atoms with E-state index < -0.39 is 10.0 Å². The highest BCUT2D eigenvalue weighted by atomic mass is 32.2. The molecule has 1 N–H and O–H groups in total. The molecule has 0 saturated heterocycles. The molecule has 0 spiro atoms. The summed E-state index contributed by atoms with van der Waals surface area (Å²) in [6.07, 6.45) is 6.02. The molecule has 0 atom stereocenters. The number of likely N-dealkylation sites (N-methyl/N-ethyl adjacent to an activating group) is 1. The van der Waals surface area contributed by atoms with Gasteiger partial charge in [-0.15, -0.1) is 11.3 Å². The monoisotopic (exact) mass is 466 g/mol. The molecule has 7 nitrogen and oxygen atoms in total. The van der Waals surface area contributed by atoms with Crippen molar-refractivity contribution in [1.82, 2.24) is 9.88 Å². The number of hydrogen-bond donors (Lipinski definition) is 1. The van der Waals surface area contributed by atoms with Crippen molar-refractivity contribution >= 4 is 43.8 Å². The number of para-hydroxylation sites is 1. The largest absolute Gasteiger partial charge is 0.369 e. The molecule has 0 aliphatic carbocycles. The van der Waals surface area contributed by atoms with Crippen LogP contribution in [0.5, 0.6) is 0 Å². The van der Waals surface area contributed by atoms with Gasteiger partial charge in [-0.25, -0.2) is 13.4 Å². The van der Waals surface area contributed by atoms with Gasteiger partial charge in [0.15, 0.2) is 5.13 Å². The highest BCUT2D eigenvalue weighted by Crippen LogP contribution is 2.26. The van der Waals surface area contributed by atoms with E-state index in [9.17, 15) is 13.2 Å². The van der Waals surface area contributed by atoms with Crippen molar-refractivity contribution in [2.24, 2.45) is 0 Å². The summed E-state index contributed by atoms with van der Waals surface area (Å²) in [5.74, 6) is -0.350. The quantitative estimate of drug-likeness (QED) is 0.592. The van der Waals surface area contributed by atoms with E-state index >= 15 is 0 Å². The molecule has 1 amide bonds. The van der Waals surface area contributed by atoms with Gasteiger partial charge >= 0.3 is 0 Å². The Morgan fingerprint density at radius 3 is 2.53 bits per heavy atom. The number of carbonyl (C=O) groups is 1. The summed E-state index contributed by atoms with van der Waals surface area (Å²) in [5.41, 5.74) is 2.69. The predicted molar refractivity (Wildman–Crippen MR) is 128 cm³/mol. The maximum Gasteiger partial charge on any atom is 0.264 e. The van der Waals surface area contributed by atoms with Gasteiger partial charge in [0.2, 0.25) is 0 Å². The highest BCUT2D eigenvalue weighted by Gasteiger charge is 2.22. The van der Waals surface area contributed by atoms with Gasteiger partial charge < -0.3 is 4.90 Å². The minimum absolute atomic E-state index is 0.109. The van der Waals surface area contributed by atoms with Crippen LogP contribution in [-0.2, 0) is 10.0 Å². The number of nitrogens with zero attached hydrogens (tertiary/aromatic N) is 3. The van der Waals surface area contributed by atoms with Crippen molar-refractivity contribution < 1.29 is 13.2 Å². The van der Waals surface area contributed by atoms with Gasteiger partial charge in [0.25, 0.3) is 15.9 Å². The molecule has 1 aliphatic rings. The fourth-order valence-corrected chi connectivity index (χ4v) is 5.11. The minimum atomic E-state index is -3.73. The fourth-order valence-electron chi connectivity index (χ4n) is 3.22. The summed E-state index contributed by atoms with van der Waals surface area (Å²) >= 11 is 1.34. The summed E-state index contributed by atoms with van der Waals surface area (Å²) in [6.45, 7) is 0.805. The van der Waals surface area contributed by atoms with Crippen LogP contribution in [0.15, 0.2) is 83.1 Å². The van der Waals surface area contributed by atoms with Crippen LogP contribution in [0.3, 0.4) is 0 Å². The average Bonchev–Trinajstić information content (AvgIpc) is 3.27. The molecular weight excluding hydrogens is 444 g/mol. The van der Waals surface area contributed by atoms with E-state index in [2.05, 4.69) is 21.3 Å². The summed E-state index contributed by atoms with van der Waals surface area (Å²) < 4.78 is 27.0. The molecule has 1 aromatic heterocycles. The molecule has 0 fully saturated rings. The van der Waals surface area contributed by atoms with Crippen LogP contribution in [-0.4, -0.2) is 44.8 Å². The Kier molecular flexibility index (Phi) is 6.11. The summed E-state index contributed by atoms with van der Waals surface area (Å²) in [4.78, 5) is 19.3. The SMILES string of the molecule is CN1CC=CC=C1c1csc(NC(=O)c2ccc(S(=O)(=O)N(C)c3ccccc3)cc2)n1. The zero-order valence-corrected chi connectivity index (χ0v) is 19.2. The van der Waals surface area contributed by atoms with Gasteiger partial charge in [0.05, 0.1) is 22.0 Å². The molecule has 2 heterocycles. The van der Waals surface area contributed by atoms with Gasteiger partial charge in [0, 0.05) is 31.6 Å². The third-order valence-corrected chi connectivity index (χ3v) is 7.62. The second-order valence-corrected chi connectivity index (χ2v) is 10.0. The van der Waals surface area contributed by atoms with Crippen molar-refractivity contribution in [3.63, 3.8) is 0 Å². The molecular formula is C23H22N4O3S2. The van der Waals surface area contributed by atoms with E-state index in [1.807, 2.05) is 30.6 Å². The number of amides is 1. The number of sulfonamides is 1. The maximum atomic E-state index is 12.9. The topological polar surface area (TPSA) is 82.6 Å². The van der Waals surface area contributed by atoms with Crippen LogP contribution in [0.25, 0.3) is 5.70 Å². The predicted octanol–water partition coefficient (Wildman–Crippen LogP) is 4.06. The van der Waals surface area contributed by atoms with E-state index in [0.29, 0.717) is 16.4 Å². The Bertz CT molecular complexity index is 1280. The van der Waals surface area contributed by atoms with Gasteiger partial charge in [-0.2, -0.15) is 0 Å². The second-order valence-electron chi connectivity index (χ2n) is 7.19. The molecule has 0 saturated carbocycles. The highest BCUT2D eigenvalue weighted by molar-refractivity contribution is 7.92. The maximum absolute atomic E-state index is 12.9. The average molecular weight is 467 g/mol. The first kappa shape index (κ1) is 21.8.